The zero-order valence-corrected chi connectivity index (χ0v) is 16.4. The van der Waals surface area contributed by atoms with Crippen LogP contribution in [0, 0.1) is 5.92 Å². The van der Waals surface area contributed by atoms with Crippen LogP contribution in [0.4, 0.5) is 13.2 Å². The number of hydroxylamine groups is 1. The molecule has 0 atom stereocenters. The molecule has 1 N–H and O–H groups in total. The summed E-state index contributed by atoms with van der Waals surface area (Å²) in [6.07, 6.45) is -3.46. The SMILES string of the molecule is CCONC(C)=C1C(=O)CC(CCSc2ccc(OC(F)(F)F)cc2)CC1=O. The Hall–Kier alpha value is -2.00. The molecule has 9 heteroatoms. The maximum absolute atomic E-state index is 12.3. The van der Waals surface area contributed by atoms with Crippen LogP contribution in [0.2, 0.25) is 0 Å². The number of halogens is 3. The third-order valence-corrected chi connectivity index (χ3v) is 5.15. The van der Waals surface area contributed by atoms with Crippen molar-refractivity contribution < 1.29 is 32.3 Å². The highest BCUT2D eigenvalue weighted by molar-refractivity contribution is 7.99. The Balaban J connectivity index is 1.83. The summed E-state index contributed by atoms with van der Waals surface area (Å²) < 4.78 is 40.3. The third-order valence-electron chi connectivity index (χ3n) is 4.10. The number of Topliss-reactive ketones (excluding diaryl/α,β-unsaturated/α-hetero) is 2. The van der Waals surface area contributed by atoms with E-state index < -0.39 is 6.36 Å². The van der Waals surface area contributed by atoms with Gasteiger partial charge >= 0.3 is 6.36 Å². The minimum absolute atomic E-state index is 0.0380. The van der Waals surface area contributed by atoms with E-state index in [2.05, 4.69) is 10.2 Å². The van der Waals surface area contributed by atoms with E-state index >= 15 is 0 Å². The van der Waals surface area contributed by atoms with E-state index in [1.807, 2.05) is 0 Å². The molecule has 0 radical (unpaired) electrons. The average Bonchev–Trinajstić information content (AvgIpc) is 2.59. The second-order valence-electron chi connectivity index (χ2n) is 6.31. The van der Waals surface area contributed by atoms with Crippen LogP contribution in [0.3, 0.4) is 0 Å². The number of ether oxygens (including phenoxy) is 1. The van der Waals surface area contributed by atoms with Crippen LogP contribution in [-0.2, 0) is 14.4 Å². The molecule has 0 bridgehead atoms. The van der Waals surface area contributed by atoms with E-state index in [0.29, 0.717) is 37.3 Å². The second kappa shape index (κ2) is 9.97. The number of hydrogen-bond acceptors (Lipinski definition) is 6. The fraction of sp³-hybridized carbons (Fsp3) is 0.474. The molecule has 154 valence electrons. The summed E-state index contributed by atoms with van der Waals surface area (Å²) in [6, 6.07) is 5.61. The Morgan fingerprint density at radius 3 is 2.32 bits per heavy atom. The van der Waals surface area contributed by atoms with E-state index in [-0.39, 0.29) is 28.8 Å². The van der Waals surface area contributed by atoms with Crippen molar-refractivity contribution >= 4 is 23.3 Å². The molecule has 0 saturated heterocycles. The quantitative estimate of drug-likeness (QED) is 0.292. The first-order valence-corrected chi connectivity index (χ1v) is 9.81. The topological polar surface area (TPSA) is 64.6 Å². The molecule has 0 heterocycles. The van der Waals surface area contributed by atoms with Crippen molar-refractivity contribution in [2.24, 2.45) is 5.92 Å². The van der Waals surface area contributed by atoms with Gasteiger partial charge in [0.2, 0.25) is 0 Å². The first kappa shape index (κ1) is 22.3. The molecule has 1 aromatic rings. The Morgan fingerprint density at radius 2 is 1.79 bits per heavy atom. The maximum Gasteiger partial charge on any atom is 0.573 e. The number of hydrogen-bond donors (Lipinski definition) is 1. The summed E-state index contributed by atoms with van der Waals surface area (Å²) >= 11 is 1.46. The van der Waals surface area contributed by atoms with Crippen LogP contribution >= 0.6 is 11.8 Å². The highest BCUT2D eigenvalue weighted by atomic mass is 32.2. The van der Waals surface area contributed by atoms with Crippen molar-refractivity contribution in [1.29, 1.82) is 0 Å². The van der Waals surface area contributed by atoms with Crippen LogP contribution in [0.15, 0.2) is 40.4 Å². The highest BCUT2D eigenvalue weighted by Gasteiger charge is 2.32. The van der Waals surface area contributed by atoms with Crippen LogP contribution in [0.1, 0.15) is 33.1 Å². The van der Waals surface area contributed by atoms with Crippen molar-refractivity contribution in [2.45, 2.75) is 44.4 Å². The number of rotatable bonds is 8. The van der Waals surface area contributed by atoms with E-state index in [9.17, 15) is 22.8 Å². The lowest BCUT2D eigenvalue weighted by Gasteiger charge is -2.23. The lowest BCUT2D eigenvalue weighted by molar-refractivity contribution is -0.274. The molecule has 1 saturated carbocycles. The number of allylic oxidation sites excluding steroid dienone is 2. The van der Waals surface area contributed by atoms with E-state index in [1.165, 1.54) is 23.9 Å². The van der Waals surface area contributed by atoms with Gasteiger partial charge in [-0.05, 0) is 56.2 Å². The van der Waals surface area contributed by atoms with Gasteiger partial charge in [-0.2, -0.15) is 0 Å². The molecule has 1 aliphatic carbocycles. The normalized spacial score (nSPS) is 17.6. The summed E-state index contributed by atoms with van der Waals surface area (Å²) in [7, 11) is 0. The molecule has 2 rings (SSSR count). The highest BCUT2D eigenvalue weighted by Crippen LogP contribution is 2.30. The molecule has 1 aromatic carbocycles. The molecule has 0 amide bonds. The number of alkyl halides is 3. The second-order valence-corrected chi connectivity index (χ2v) is 7.48. The molecule has 0 aliphatic heterocycles. The molecule has 28 heavy (non-hydrogen) atoms. The fourth-order valence-corrected chi connectivity index (χ4v) is 3.91. The molecular formula is C19H22F3NO4S. The van der Waals surface area contributed by atoms with E-state index in [0.717, 1.165) is 4.90 Å². The number of thioether (sulfide) groups is 1. The van der Waals surface area contributed by atoms with Crippen LogP contribution in [0.25, 0.3) is 0 Å². The van der Waals surface area contributed by atoms with Crippen LogP contribution in [0.5, 0.6) is 5.75 Å². The standard InChI is InChI=1S/C19H22F3NO4S/c1-3-26-23-12(2)18-16(24)10-13(11-17(18)25)8-9-28-15-6-4-14(5-7-15)27-19(20,21)22/h4-7,13,23H,3,8-11H2,1-2H3. The first-order chi connectivity index (χ1) is 13.2. The minimum Gasteiger partial charge on any atom is -0.406 e. The lowest BCUT2D eigenvalue weighted by atomic mass is 9.82. The van der Waals surface area contributed by atoms with Crippen molar-refractivity contribution in [2.75, 3.05) is 12.4 Å². The van der Waals surface area contributed by atoms with Gasteiger partial charge in [0, 0.05) is 23.4 Å². The smallest absolute Gasteiger partial charge is 0.406 e. The molecule has 1 fully saturated rings. The van der Waals surface area contributed by atoms with E-state index in [4.69, 9.17) is 4.84 Å². The lowest BCUT2D eigenvalue weighted by Crippen LogP contribution is -2.30. The summed E-state index contributed by atoms with van der Waals surface area (Å²) in [6.45, 7) is 3.85. The predicted octanol–water partition coefficient (Wildman–Crippen LogP) is 4.43. The number of nitrogens with one attached hydrogen (secondary N) is 1. The van der Waals surface area contributed by atoms with E-state index in [1.54, 1.807) is 26.0 Å². The Kier molecular flexibility index (Phi) is 7.94. The fourth-order valence-electron chi connectivity index (χ4n) is 2.89. The molecule has 0 unspecified atom stereocenters. The zero-order chi connectivity index (χ0) is 20.7. The summed E-state index contributed by atoms with van der Waals surface area (Å²) in [5.74, 6) is -0.0335. The van der Waals surface area contributed by atoms with Gasteiger partial charge in [0.1, 0.15) is 5.75 Å². The molecule has 0 aromatic heterocycles. The Labute approximate surface area is 165 Å². The number of carbonyl (C=O) groups is 2. The van der Waals surface area contributed by atoms with Gasteiger partial charge in [0.25, 0.3) is 0 Å². The minimum atomic E-state index is -4.71. The molecule has 5 nitrogen and oxygen atoms in total. The molecule has 1 aliphatic rings. The largest absolute Gasteiger partial charge is 0.573 e. The number of carbonyl (C=O) groups excluding carboxylic acids is 2. The van der Waals surface area contributed by atoms with Gasteiger partial charge in [0.15, 0.2) is 11.6 Å². The zero-order valence-electron chi connectivity index (χ0n) is 15.6. The van der Waals surface area contributed by atoms with Crippen molar-refractivity contribution in [1.82, 2.24) is 5.48 Å². The number of benzene rings is 1. The first-order valence-electron chi connectivity index (χ1n) is 8.83. The third kappa shape index (κ3) is 6.87. The Bertz CT molecular complexity index is 712. The van der Waals surface area contributed by atoms with Gasteiger partial charge in [0.05, 0.1) is 12.2 Å². The van der Waals surface area contributed by atoms with Crippen molar-refractivity contribution in [3.63, 3.8) is 0 Å². The summed E-state index contributed by atoms with van der Waals surface area (Å²) in [5, 5.41) is 0. The van der Waals surface area contributed by atoms with Gasteiger partial charge in [-0.3, -0.25) is 19.9 Å². The van der Waals surface area contributed by atoms with Gasteiger partial charge in [-0.15, -0.1) is 24.9 Å². The molecular weight excluding hydrogens is 395 g/mol. The average molecular weight is 417 g/mol. The molecule has 0 spiro atoms. The van der Waals surface area contributed by atoms with Crippen molar-refractivity contribution in [3.05, 3.63) is 35.5 Å². The van der Waals surface area contributed by atoms with Crippen molar-refractivity contribution in [3.8, 4) is 5.75 Å². The summed E-state index contributed by atoms with van der Waals surface area (Å²) in [4.78, 5) is 30.5. The monoisotopic (exact) mass is 417 g/mol. The van der Waals surface area contributed by atoms with Gasteiger partial charge < -0.3 is 4.74 Å². The van der Waals surface area contributed by atoms with Gasteiger partial charge in [-0.1, -0.05) is 0 Å². The predicted molar refractivity (Wildman–Crippen MR) is 98.7 cm³/mol. The van der Waals surface area contributed by atoms with Gasteiger partial charge in [-0.25, -0.2) is 0 Å². The maximum atomic E-state index is 12.3. The van der Waals surface area contributed by atoms with Crippen LogP contribution in [-0.4, -0.2) is 30.3 Å². The van der Waals surface area contributed by atoms with Crippen LogP contribution < -0.4 is 10.2 Å². The number of ketones is 2. The Morgan fingerprint density at radius 1 is 1.18 bits per heavy atom. The summed E-state index contributed by atoms with van der Waals surface area (Å²) in [5.41, 5.74) is 3.23.